The normalized spacial score (nSPS) is 19.5. The predicted octanol–water partition coefficient (Wildman–Crippen LogP) is 3.98. The van der Waals surface area contributed by atoms with E-state index < -0.39 is 0 Å². The van der Waals surface area contributed by atoms with Crippen molar-refractivity contribution < 1.29 is 14.3 Å². The summed E-state index contributed by atoms with van der Waals surface area (Å²) in [7, 11) is 0. The number of nitrogens with one attached hydrogen (secondary N) is 1. The number of primary amides is 1. The Kier molecular flexibility index (Phi) is 9.83. The van der Waals surface area contributed by atoms with Gasteiger partial charge in [0.2, 0.25) is 11.8 Å². The molecule has 2 saturated heterocycles. The molecule has 2 fully saturated rings. The zero-order chi connectivity index (χ0) is 26.2. The number of hydrogen-bond donors (Lipinski definition) is 2. The van der Waals surface area contributed by atoms with E-state index in [1.165, 1.54) is 5.56 Å². The quantitative estimate of drug-likeness (QED) is 0.462. The lowest BCUT2D eigenvalue weighted by Crippen LogP contribution is -2.41. The second-order valence-corrected chi connectivity index (χ2v) is 10.8. The number of amides is 2. The third-order valence-corrected chi connectivity index (χ3v) is 7.79. The van der Waals surface area contributed by atoms with Crippen molar-refractivity contribution in [1.29, 1.82) is 0 Å². The SMILES string of the molecule is C[C@@H](CCC(=O)N(Cc1ccc(OC2CCN(Cc3ccccc3)CC2)c(Cl)c1)[C@H]1CCNC1)C(N)=O. The van der Waals surface area contributed by atoms with Crippen LogP contribution in [0.5, 0.6) is 5.75 Å². The molecule has 200 valence electrons. The smallest absolute Gasteiger partial charge is 0.223 e. The fourth-order valence-electron chi connectivity index (χ4n) is 5.09. The van der Waals surface area contributed by atoms with E-state index >= 15 is 0 Å². The molecule has 7 nitrogen and oxygen atoms in total. The maximum absolute atomic E-state index is 13.1. The predicted molar refractivity (Wildman–Crippen MR) is 146 cm³/mol. The van der Waals surface area contributed by atoms with Gasteiger partial charge in [0, 0.05) is 51.1 Å². The van der Waals surface area contributed by atoms with Crippen LogP contribution in [0.15, 0.2) is 48.5 Å². The van der Waals surface area contributed by atoms with Crippen LogP contribution in [0.3, 0.4) is 0 Å². The molecule has 0 unspecified atom stereocenters. The first-order valence-electron chi connectivity index (χ1n) is 13.4. The lowest BCUT2D eigenvalue weighted by atomic mass is 10.0. The lowest BCUT2D eigenvalue weighted by Gasteiger charge is -2.32. The maximum atomic E-state index is 13.1. The van der Waals surface area contributed by atoms with Gasteiger partial charge < -0.3 is 20.7 Å². The molecule has 2 amide bonds. The monoisotopic (exact) mass is 526 g/mol. The standard InChI is InChI=1S/C29H39ClN4O3/c1-21(29(31)36)7-10-28(35)34(24-11-14-32-18-24)20-23-8-9-27(26(30)17-23)37-25-12-15-33(16-13-25)19-22-5-3-2-4-6-22/h2-6,8-9,17,21,24-25,32H,7,10-16,18-20H2,1H3,(H2,31,36)/t21-,24-/m0/s1. The van der Waals surface area contributed by atoms with E-state index in [-0.39, 0.29) is 29.9 Å². The molecule has 0 saturated carbocycles. The molecular formula is C29H39ClN4O3. The summed E-state index contributed by atoms with van der Waals surface area (Å²) >= 11 is 6.64. The largest absolute Gasteiger partial charge is 0.489 e. The minimum atomic E-state index is -0.369. The third kappa shape index (κ3) is 7.94. The summed E-state index contributed by atoms with van der Waals surface area (Å²) in [6.45, 7) is 6.87. The number of piperidine rings is 1. The highest BCUT2D eigenvalue weighted by Gasteiger charge is 2.27. The van der Waals surface area contributed by atoms with Crippen molar-refractivity contribution in [1.82, 2.24) is 15.1 Å². The number of likely N-dealkylation sites (tertiary alicyclic amines) is 1. The summed E-state index contributed by atoms with van der Waals surface area (Å²) in [5, 5.41) is 3.91. The number of carbonyl (C=O) groups excluding carboxylic acids is 2. The molecule has 2 atom stereocenters. The number of halogens is 1. The van der Waals surface area contributed by atoms with E-state index in [0.717, 1.165) is 57.5 Å². The van der Waals surface area contributed by atoms with Crippen molar-refractivity contribution in [3.63, 3.8) is 0 Å². The average molecular weight is 527 g/mol. The molecule has 2 aliphatic rings. The molecule has 37 heavy (non-hydrogen) atoms. The Morgan fingerprint density at radius 2 is 1.89 bits per heavy atom. The Bertz CT molecular complexity index is 1040. The Balaban J connectivity index is 1.32. The average Bonchev–Trinajstić information content (AvgIpc) is 3.43. The topological polar surface area (TPSA) is 87.9 Å². The van der Waals surface area contributed by atoms with Crippen molar-refractivity contribution in [3.8, 4) is 5.75 Å². The number of hydrogen-bond acceptors (Lipinski definition) is 5. The van der Waals surface area contributed by atoms with Gasteiger partial charge in [-0.25, -0.2) is 0 Å². The summed E-state index contributed by atoms with van der Waals surface area (Å²) in [5.41, 5.74) is 7.68. The molecule has 0 bridgehead atoms. The van der Waals surface area contributed by atoms with Crippen molar-refractivity contribution in [2.45, 2.75) is 64.3 Å². The number of carbonyl (C=O) groups is 2. The van der Waals surface area contributed by atoms with Crippen LogP contribution in [0, 0.1) is 5.92 Å². The van der Waals surface area contributed by atoms with E-state index in [2.05, 4.69) is 34.5 Å². The van der Waals surface area contributed by atoms with Crippen molar-refractivity contribution in [3.05, 3.63) is 64.7 Å². The Hall–Kier alpha value is -2.61. The van der Waals surface area contributed by atoms with E-state index in [1.54, 1.807) is 6.92 Å². The fraction of sp³-hybridized carbons (Fsp3) is 0.517. The summed E-state index contributed by atoms with van der Waals surface area (Å²) < 4.78 is 6.29. The number of ether oxygens (including phenoxy) is 1. The van der Waals surface area contributed by atoms with Gasteiger partial charge in [-0.1, -0.05) is 54.9 Å². The summed E-state index contributed by atoms with van der Waals surface area (Å²) in [4.78, 5) is 28.9. The van der Waals surface area contributed by atoms with Gasteiger partial charge in [0.1, 0.15) is 11.9 Å². The van der Waals surface area contributed by atoms with E-state index in [4.69, 9.17) is 22.1 Å². The summed E-state index contributed by atoms with van der Waals surface area (Å²) in [6.07, 6.45) is 3.75. The van der Waals surface area contributed by atoms with Crippen LogP contribution in [-0.4, -0.2) is 59.9 Å². The zero-order valence-corrected chi connectivity index (χ0v) is 22.5. The molecule has 2 heterocycles. The van der Waals surface area contributed by atoms with E-state index in [0.29, 0.717) is 30.2 Å². The van der Waals surface area contributed by atoms with Crippen molar-refractivity contribution in [2.24, 2.45) is 11.7 Å². The van der Waals surface area contributed by atoms with Crippen molar-refractivity contribution in [2.75, 3.05) is 26.2 Å². The fourth-order valence-corrected chi connectivity index (χ4v) is 5.34. The van der Waals surface area contributed by atoms with Gasteiger partial charge in [-0.3, -0.25) is 14.5 Å². The highest BCUT2D eigenvalue weighted by Crippen LogP contribution is 2.30. The highest BCUT2D eigenvalue weighted by molar-refractivity contribution is 6.32. The van der Waals surface area contributed by atoms with Crippen LogP contribution in [0.2, 0.25) is 5.02 Å². The molecule has 0 radical (unpaired) electrons. The Labute approximate surface area is 225 Å². The molecule has 0 aliphatic carbocycles. The third-order valence-electron chi connectivity index (χ3n) is 7.50. The molecule has 2 aliphatic heterocycles. The molecule has 0 spiro atoms. The van der Waals surface area contributed by atoms with Gasteiger partial charge in [0.05, 0.1) is 5.02 Å². The van der Waals surface area contributed by atoms with E-state index in [1.807, 2.05) is 29.2 Å². The van der Waals surface area contributed by atoms with Crippen LogP contribution in [0.1, 0.15) is 50.2 Å². The second kappa shape index (κ2) is 13.3. The second-order valence-electron chi connectivity index (χ2n) is 10.4. The molecule has 3 N–H and O–H groups in total. The minimum Gasteiger partial charge on any atom is -0.489 e. The number of nitrogens with zero attached hydrogens (tertiary/aromatic N) is 2. The van der Waals surface area contributed by atoms with Gasteiger partial charge >= 0.3 is 0 Å². The van der Waals surface area contributed by atoms with Gasteiger partial charge in [-0.2, -0.15) is 0 Å². The summed E-state index contributed by atoms with van der Waals surface area (Å²) in [6, 6.07) is 16.5. The highest BCUT2D eigenvalue weighted by atomic mass is 35.5. The van der Waals surface area contributed by atoms with Crippen LogP contribution >= 0.6 is 11.6 Å². The molecular weight excluding hydrogens is 488 g/mol. The van der Waals surface area contributed by atoms with Crippen LogP contribution in [0.25, 0.3) is 0 Å². The van der Waals surface area contributed by atoms with Crippen LogP contribution in [0.4, 0.5) is 0 Å². The van der Waals surface area contributed by atoms with Gasteiger partial charge in [-0.15, -0.1) is 0 Å². The molecule has 0 aromatic heterocycles. The Morgan fingerprint density at radius 3 is 2.54 bits per heavy atom. The van der Waals surface area contributed by atoms with Gasteiger partial charge in [-0.05, 0) is 55.5 Å². The zero-order valence-electron chi connectivity index (χ0n) is 21.7. The van der Waals surface area contributed by atoms with Crippen molar-refractivity contribution >= 4 is 23.4 Å². The number of nitrogens with two attached hydrogens (primary N) is 1. The van der Waals surface area contributed by atoms with Crippen LogP contribution < -0.4 is 15.8 Å². The molecule has 2 aromatic rings. The first-order valence-corrected chi connectivity index (χ1v) is 13.8. The molecule has 2 aromatic carbocycles. The minimum absolute atomic E-state index is 0.0421. The Morgan fingerprint density at radius 1 is 1.14 bits per heavy atom. The first-order chi connectivity index (χ1) is 17.9. The first kappa shape index (κ1) is 27.4. The van der Waals surface area contributed by atoms with Crippen LogP contribution in [-0.2, 0) is 22.7 Å². The van der Waals surface area contributed by atoms with E-state index in [9.17, 15) is 9.59 Å². The maximum Gasteiger partial charge on any atom is 0.223 e. The summed E-state index contributed by atoms with van der Waals surface area (Å²) in [5.74, 6) is 0.0536. The van der Waals surface area contributed by atoms with Gasteiger partial charge in [0.25, 0.3) is 0 Å². The molecule has 8 heteroatoms. The van der Waals surface area contributed by atoms with Gasteiger partial charge in [0.15, 0.2) is 0 Å². The number of benzene rings is 2. The lowest BCUT2D eigenvalue weighted by molar-refractivity contribution is -0.134. The number of rotatable bonds is 11. The molecule has 4 rings (SSSR count).